The molecule has 39 heteroatoms. The number of hydrogen-bond donors (Lipinski definition) is 2. The van der Waals surface area contributed by atoms with Crippen LogP contribution in [0, 0.1) is 11.6 Å². The number of hydrogen-bond acceptors (Lipinski definition) is 17. The molecule has 2 N–H and O–H groups in total. The lowest BCUT2D eigenvalue weighted by atomic mass is 10.1. The molecule has 0 saturated carbocycles. The fourth-order valence-corrected chi connectivity index (χ4v) is 11.7. The summed E-state index contributed by atoms with van der Waals surface area (Å²) < 4.78 is 273. The van der Waals surface area contributed by atoms with Crippen LogP contribution in [0.4, 0.5) is 78.8 Å². The topological polar surface area (TPSA) is 274 Å². The Kier molecular flexibility index (Phi) is 16.0. The van der Waals surface area contributed by atoms with Crippen molar-refractivity contribution in [3.8, 4) is 5.88 Å². The first-order valence-corrected chi connectivity index (χ1v) is 27.2. The molecule has 2 atom stereocenters. The second-order valence-electron chi connectivity index (χ2n) is 16.2. The zero-order valence-corrected chi connectivity index (χ0v) is 41.9. The van der Waals surface area contributed by atoms with Crippen molar-refractivity contribution in [3.05, 3.63) is 125 Å². The molecule has 6 aromatic heterocycles. The van der Waals surface area contributed by atoms with Crippen LogP contribution in [0.5, 0.6) is 5.88 Å². The van der Waals surface area contributed by atoms with Gasteiger partial charge in [-0.15, -0.1) is 3.71 Å². The summed E-state index contributed by atoms with van der Waals surface area (Å²) >= 11 is 0. The number of anilines is 3. The van der Waals surface area contributed by atoms with Gasteiger partial charge in [-0.3, -0.25) is 4.79 Å². The molecule has 7 aromatic rings. The van der Waals surface area contributed by atoms with Crippen LogP contribution in [0.25, 0.3) is 22.3 Å². The van der Waals surface area contributed by atoms with Gasteiger partial charge >= 0.3 is 62.2 Å². The maximum atomic E-state index is 14.0. The van der Waals surface area contributed by atoms with Gasteiger partial charge in [0.15, 0.2) is 11.3 Å². The smallest absolute Gasteiger partial charge is 0.355 e. The molecule has 79 heavy (non-hydrogen) atoms. The lowest BCUT2D eigenvalue weighted by Crippen LogP contribution is -2.49. The van der Waals surface area contributed by atoms with Crippen LogP contribution in [-0.4, -0.2) is 108 Å². The second kappa shape index (κ2) is 21.3. The number of benzene rings is 1. The zero-order chi connectivity index (χ0) is 58.5. The van der Waals surface area contributed by atoms with E-state index >= 15 is 0 Å². The molecule has 2 fully saturated rings. The van der Waals surface area contributed by atoms with E-state index < -0.39 is 106 Å². The highest BCUT2D eigenvalue weighted by atomic mass is 32.3. The number of alkyl halides is 12. The SMILES string of the molecule is O=S(=O)(N(c1ccccc1)S(=O)(=O)C(F)(F)F)C(F)(F)F.O=S(=O)(Oc1ncc(F)cc1[C@H]1CCCN1c1ccc2ncn(S(=O)(=O)C(F)(F)F)c2n1)C(F)(F)F.O=c1[nH]cc(F)cc1[C@H]1CCCN1c1ccc2[nH]cnc2n1. The summed E-state index contributed by atoms with van der Waals surface area (Å²) in [6.45, 7) is 0.870. The molecular formula is C40H31F14N11O10S4. The van der Waals surface area contributed by atoms with Crippen molar-refractivity contribution in [3.63, 3.8) is 0 Å². The summed E-state index contributed by atoms with van der Waals surface area (Å²) in [4.78, 5) is 40.3. The van der Waals surface area contributed by atoms with Gasteiger partial charge in [-0.25, -0.2) is 37.7 Å². The van der Waals surface area contributed by atoms with E-state index in [2.05, 4.69) is 39.1 Å². The fourth-order valence-electron chi connectivity index (χ4n) is 7.78. The second-order valence-corrected chi connectivity index (χ2v) is 23.3. The summed E-state index contributed by atoms with van der Waals surface area (Å²) in [7, 11) is -25.7. The Hall–Kier alpha value is -7.42. The van der Waals surface area contributed by atoms with Crippen molar-refractivity contribution in [1.29, 1.82) is 0 Å². The van der Waals surface area contributed by atoms with Gasteiger partial charge in [0, 0.05) is 30.4 Å². The summed E-state index contributed by atoms with van der Waals surface area (Å²) in [5.41, 5.74) is -24.9. The van der Waals surface area contributed by atoms with Gasteiger partial charge in [0.25, 0.3) is 5.56 Å². The van der Waals surface area contributed by atoms with Crippen LogP contribution in [0.15, 0.2) is 96.6 Å². The molecule has 428 valence electrons. The summed E-state index contributed by atoms with van der Waals surface area (Å²) in [5, 5.41) is 0. The van der Waals surface area contributed by atoms with Crippen LogP contribution in [0.3, 0.4) is 0 Å². The molecule has 0 amide bonds. The number of nitrogens with zero attached hydrogens (tertiary/aromatic N) is 9. The van der Waals surface area contributed by atoms with Gasteiger partial charge in [-0.2, -0.15) is 86.4 Å². The van der Waals surface area contributed by atoms with E-state index in [0.29, 0.717) is 48.4 Å². The third-order valence-corrected chi connectivity index (χ3v) is 17.1. The number of aromatic nitrogens is 8. The number of sulfonamides is 2. The number of H-pyrrole nitrogens is 2. The Morgan fingerprint density at radius 1 is 0.620 bits per heavy atom. The van der Waals surface area contributed by atoms with Crippen LogP contribution in [0.2, 0.25) is 0 Å². The number of para-hydroxylation sites is 1. The first-order valence-electron chi connectivity index (χ1n) is 21.5. The van der Waals surface area contributed by atoms with Crippen molar-refractivity contribution in [2.75, 3.05) is 26.6 Å². The highest BCUT2D eigenvalue weighted by Crippen LogP contribution is 2.42. The lowest BCUT2D eigenvalue weighted by molar-refractivity contribution is -0.0503. The molecule has 0 bridgehead atoms. The summed E-state index contributed by atoms with van der Waals surface area (Å²) in [5.74, 6) is -1.91. The van der Waals surface area contributed by atoms with Crippen molar-refractivity contribution in [2.24, 2.45) is 0 Å². The van der Waals surface area contributed by atoms with E-state index in [1.54, 1.807) is 6.33 Å². The van der Waals surface area contributed by atoms with Crippen LogP contribution < -0.4 is 23.3 Å². The molecule has 9 rings (SSSR count). The monoisotopic (exact) mass is 1220 g/mol. The molecule has 2 aliphatic heterocycles. The van der Waals surface area contributed by atoms with Gasteiger partial charge in [-0.05, 0) is 74.2 Å². The Bertz CT molecular complexity index is 3880. The average molecular weight is 1220 g/mol. The largest absolute Gasteiger partial charge is 0.534 e. The van der Waals surface area contributed by atoms with Crippen molar-refractivity contribution in [2.45, 2.75) is 59.8 Å². The van der Waals surface area contributed by atoms with Crippen molar-refractivity contribution in [1.82, 2.24) is 38.9 Å². The van der Waals surface area contributed by atoms with Gasteiger partial charge < -0.3 is 24.0 Å². The third kappa shape index (κ3) is 12.0. The summed E-state index contributed by atoms with van der Waals surface area (Å²) in [6, 6.07) is 10.8. The minimum absolute atomic E-state index is 0.0886. The Balaban J connectivity index is 0.000000181. The van der Waals surface area contributed by atoms with Crippen LogP contribution in [0.1, 0.15) is 48.9 Å². The predicted octanol–water partition coefficient (Wildman–Crippen LogP) is 7.55. The van der Waals surface area contributed by atoms with Crippen LogP contribution in [-0.2, 0) is 40.2 Å². The minimum Gasteiger partial charge on any atom is -0.355 e. The first-order chi connectivity index (χ1) is 36.5. The van der Waals surface area contributed by atoms with E-state index in [-0.39, 0.29) is 39.9 Å². The molecular weight excluding hydrogens is 1190 g/mol. The standard InChI is InChI=1S/C17H12F7N5O5S2.C15H14FN5O.C8H5F6NO4S2/c18-9-6-10(15(25-7-9)34-36(32,33)17(22,23)24)12-2-1-5-28(12)13-4-3-11-14(27-13)29(8-26-11)35(30,31)16(19,20)21;16-9-6-10(15(22)17-7-9)12-2-1-5-21(12)13-4-3-11-14(20-13)19-8-18-11;9-7(10,11)20(16,17)15(6-4-2-1-3-5-6)21(18,19)8(12,13)14/h3-4,6-8,12H,1-2,5H2;3-4,6-8,12H,1-2,5H2,(H,17,22)(H,18,19,20);1-5H/t2*12-;/m11./s1. The molecule has 2 aliphatic rings. The van der Waals surface area contributed by atoms with E-state index in [1.165, 1.54) is 17.0 Å². The maximum absolute atomic E-state index is 14.0. The number of pyridine rings is 4. The molecule has 2 saturated heterocycles. The number of rotatable bonds is 10. The molecule has 21 nitrogen and oxygen atoms in total. The zero-order valence-electron chi connectivity index (χ0n) is 38.6. The normalized spacial score (nSPS) is 16.8. The molecule has 8 heterocycles. The van der Waals surface area contributed by atoms with E-state index in [4.69, 9.17) is 0 Å². The maximum Gasteiger partial charge on any atom is 0.534 e. The molecule has 0 aliphatic carbocycles. The molecule has 0 radical (unpaired) electrons. The third-order valence-electron chi connectivity index (χ3n) is 11.2. The number of halogens is 14. The van der Waals surface area contributed by atoms with Crippen LogP contribution >= 0.6 is 0 Å². The Morgan fingerprint density at radius 3 is 1.75 bits per heavy atom. The molecule has 0 unspecified atom stereocenters. The lowest BCUT2D eigenvalue weighted by Gasteiger charge is -2.27. The van der Waals surface area contributed by atoms with E-state index in [1.807, 2.05) is 17.0 Å². The number of imidazole rings is 2. The highest BCUT2D eigenvalue weighted by Gasteiger charge is 2.62. The quantitative estimate of drug-likeness (QED) is 0.0759. The van der Waals surface area contributed by atoms with E-state index in [0.717, 1.165) is 61.2 Å². The fraction of sp³-hybridized carbons (Fsp3) is 0.300. The summed E-state index contributed by atoms with van der Waals surface area (Å²) in [6.07, 6.45) is 5.68. The van der Waals surface area contributed by atoms with Gasteiger partial charge in [0.05, 0.1) is 35.8 Å². The first kappa shape index (κ1) is 59.2. The number of nitrogens with one attached hydrogen (secondary N) is 2. The molecule has 1 aromatic carbocycles. The minimum atomic E-state index is -6.81. The van der Waals surface area contributed by atoms with Crippen molar-refractivity contribution >= 4 is 79.8 Å². The highest BCUT2D eigenvalue weighted by molar-refractivity contribution is 8.11. The number of fused-ring (bicyclic) bond motifs is 2. The predicted molar refractivity (Wildman–Crippen MR) is 246 cm³/mol. The Morgan fingerprint density at radius 2 is 1.18 bits per heavy atom. The average Bonchev–Trinajstić information content (AvgIpc) is 4.27. The van der Waals surface area contributed by atoms with E-state index in [9.17, 15) is 99.9 Å². The van der Waals surface area contributed by atoms with Gasteiger partial charge in [0.1, 0.15) is 35.1 Å². The number of aromatic amines is 2. The van der Waals surface area contributed by atoms with Crippen molar-refractivity contribution < 1.29 is 99.3 Å². The van der Waals surface area contributed by atoms with Gasteiger partial charge in [0.2, 0.25) is 5.88 Å². The van der Waals surface area contributed by atoms with Gasteiger partial charge in [-0.1, -0.05) is 18.2 Å². The Labute approximate surface area is 433 Å². The molecule has 0 spiro atoms.